The zero-order valence-electron chi connectivity index (χ0n) is 22.9. The number of nitrogens with zero attached hydrogens (tertiary/aromatic N) is 1. The van der Waals surface area contributed by atoms with Gasteiger partial charge in [-0.25, -0.2) is 0 Å². The van der Waals surface area contributed by atoms with E-state index in [2.05, 4.69) is 151 Å². The standard InChI is InChI=1S/C39H28N2O/c1-2-13-25(14-3-1)38-40-33-22-9-5-16-27(33)37(41-38)28-17-12-21-32-36(28)26-15-4-6-18-29(26)39(32)30-19-7-10-23-34(30)42-35-24-11-8-20-31(35)39/h1-24,30,34,38,40H. The fraction of sp³-hybridized carbons (Fsp3) is 0.103. The smallest absolute Gasteiger partial charge is 0.145 e. The molecule has 3 heteroatoms. The molecule has 9 rings (SSSR count). The van der Waals surface area contributed by atoms with Crippen molar-refractivity contribution < 1.29 is 4.74 Å². The van der Waals surface area contributed by atoms with E-state index in [1.165, 1.54) is 33.4 Å². The van der Waals surface area contributed by atoms with Gasteiger partial charge in [0, 0.05) is 28.3 Å². The normalized spacial score (nSPS) is 23.9. The summed E-state index contributed by atoms with van der Waals surface area (Å²) in [5.74, 6) is 1.08. The molecular weight excluding hydrogens is 512 g/mol. The van der Waals surface area contributed by atoms with Gasteiger partial charge in [0.15, 0.2) is 0 Å². The number of hydrogen-bond donors (Lipinski definition) is 1. The van der Waals surface area contributed by atoms with Crippen LogP contribution in [0.3, 0.4) is 0 Å². The number of anilines is 1. The second-order valence-corrected chi connectivity index (χ2v) is 11.4. The number of allylic oxidation sites excluding steroid dienone is 2. The molecule has 4 aliphatic rings. The minimum Gasteiger partial charge on any atom is -0.485 e. The van der Waals surface area contributed by atoms with Crippen LogP contribution < -0.4 is 10.1 Å². The van der Waals surface area contributed by atoms with Gasteiger partial charge in [0.25, 0.3) is 0 Å². The summed E-state index contributed by atoms with van der Waals surface area (Å²) >= 11 is 0. The minimum atomic E-state index is -0.380. The van der Waals surface area contributed by atoms with Gasteiger partial charge in [0.05, 0.1) is 11.1 Å². The molecule has 2 heterocycles. The first-order valence-corrected chi connectivity index (χ1v) is 14.7. The minimum absolute atomic E-state index is 0.0491. The van der Waals surface area contributed by atoms with Crippen LogP contribution in [0.15, 0.2) is 151 Å². The Morgan fingerprint density at radius 3 is 2.19 bits per heavy atom. The molecule has 200 valence electrons. The Kier molecular flexibility index (Phi) is 5.00. The van der Waals surface area contributed by atoms with Crippen LogP contribution in [0.4, 0.5) is 5.69 Å². The fourth-order valence-electron chi connectivity index (χ4n) is 7.72. The summed E-state index contributed by atoms with van der Waals surface area (Å²) in [6, 6.07) is 43.5. The predicted molar refractivity (Wildman–Crippen MR) is 169 cm³/mol. The number of fused-ring (bicyclic) bond motifs is 10. The van der Waals surface area contributed by atoms with Crippen LogP contribution in [0.5, 0.6) is 5.75 Å². The number of hydrogen-bond acceptors (Lipinski definition) is 3. The molecule has 5 aromatic carbocycles. The second kappa shape index (κ2) is 8.92. The van der Waals surface area contributed by atoms with Crippen molar-refractivity contribution >= 4 is 11.4 Å². The highest BCUT2D eigenvalue weighted by Crippen LogP contribution is 2.62. The number of benzene rings is 5. The maximum Gasteiger partial charge on any atom is 0.145 e. The summed E-state index contributed by atoms with van der Waals surface area (Å²) < 4.78 is 6.64. The Balaban J connectivity index is 1.35. The molecule has 1 N–H and O–H groups in total. The van der Waals surface area contributed by atoms with Gasteiger partial charge in [0.1, 0.15) is 18.0 Å². The van der Waals surface area contributed by atoms with Gasteiger partial charge in [-0.15, -0.1) is 0 Å². The van der Waals surface area contributed by atoms with Crippen LogP contribution in [0.25, 0.3) is 11.1 Å². The molecule has 0 aromatic heterocycles. The van der Waals surface area contributed by atoms with E-state index in [1.807, 2.05) is 0 Å². The van der Waals surface area contributed by atoms with Crippen LogP contribution in [0.2, 0.25) is 0 Å². The first-order valence-electron chi connectivity index (χ1n) is 14.7. The molecule has 4 atom stereocenters. The molecule has 1 spiro atoms. The molecule has 4 unspecified atom stereocenters. The van der Waals surface area contributed by atoms with Crippen molar-refractivity contribution in [3.8, 4) is 16.9 Å². The van der Waals surface area contributed by atoms with Crippen LogP contribution in [-0.2, 0) is 5.41 Å². The van der Waals surface area contributed by atoms with Gasteiger partial charge in [-0.05, 0) is 46.0 Å². The van der Waals surface area contributed by atoms with Crippen molar-refractivity contribution in [1.29, 1.82) is 0 Å². The lowest BCUT2D eigenvalue weighted by Crippen LogP contribution is -2.47. The van der Waals surface area contributed by atoms with E-state index in [1.54, 1.807) is 0 Å². The topological polar surface area (TPSA) is 33.6 Å². The predicted octanol–water partition coefficient (Wildman–Crippen LogP) is 8.47. The van der Waals surface area contributed by atoms with E-state index in [0.717, 1.165) is 28.3 Å². The van der Waals surface area contributed by atoms with Crippen molar-refractivity contribution in [2.45, 2.75) is 17.7 Å². The molecule has 0 radical (unpaired) electrons. The Hall–Kier alpha value is -5.15. The van der Waals surface area contributed by atoms with Crippen molar-refractivity contribution in [2.75, 3.05) is 5.32 Å². The number of para-hydroxylation sites is 2. The number of ether oxygens (including phenoxy) is 1. The van der Waals surface area contributed by atoms with Gasteiger partial charge < -0.3 is 10.1 Å². The largest absolute Gasteiger partial charge is 0.485 e. The van der Waals surface area contributed by atoms with Crippen molar-refractivity contribution in [2.24, 2.45) is 10.9 Å². The molecule has 0 saturated carbocycles. The molecule has 42 heavy (non-hydrogen) atoms. The van der Waals surface area contributed by atoms with E-state index < -0.39 is 0 Å². The van der Waals surface area contributed by atoms with Gasteiger partial charge in [-0.3, -0.25) is 4.99 Å². The maximum atomic E-state index is 6.64. The van der Waals surface area contributed by atoms with Gasteiger partial charge in [-0.2, -0.15) is 0 Å². The summed E-state index contributed by atoms with van der Waals surface area (Å²) in [5.41, 5.74) is 11.6. The Bertz CT molecular complexity index is 1970. The molecular formula is C39H28N2O. The lowest BCUT2D eigenvalue weighted by Gasteiger charge is -2.47. The maximum absolute atomic E-state index is 6.64. The van der Waals surface area contributed by atoms with E-state index >= 15 is 0 Å². The zero-order valence-corrected chi connectivity index (χ0v) is 22.9. The lowest BCUT2D eigenvalue weighted by molar-refractivity contribution is 0.141. The summed E-state index contributed by atoms with van der Waals surface area (Å²) in [5, 5.41) is 3.69. The zero-order chi connectivity index (χ0) is 27.7. The average Bonchev–Trinajstić information content (AvgIpc) is 3.36. The van der Waals surface area contributed by atoms with Gasteiger partial charge in [0.2, 0.25) is 0 Å². The summed E-state index contributed by atoms with van der Waals surface area (Å²) in [6.07, 6.45) is 8.64. The van der Waals surface area contributed by atoms with E-state index in [9.17, 15) is 0 Å². The first kappa shape index (κ1) is 23.5. The molecule has 2 aliphatic heterocycles. The Morgan fingerprint density at radius 2 is 1.29 bits per heavy atom. The summed E-state index contributed by atoms with van der Waals surface area (Å²) in [6.45, 7) is 0. The third-order valence-electron chi connectivity index (χ3n) is 9.37. The third kappa shape index (κ3) is 3.14. The quantitative estimate of drug-likeness (QED) is 0.244. The van der Waals surface area contributed by atoms with Gasteiger partial charge >= 0.3 is 0 Å². The molecule has 5 aromatic rings. The van der Waals surface area contributed by atoms with E-state index in [4.69, 9.17) is 9.73 Å². The third-order valence-corrected chi connectivity index (χ3v) is 9.37. The SMILES string of the molecule is C1=CC2Oc3ccccc3C3(c4ccccc4-c4c(C5=NC(c6ccccc6)Nc6ccccc65)cccc43)C2C=C1. The summed E-state index contributed by atoms with van der Waals surface area (Å²) in [4.78, 5) is 5.43. The number of rotatable bonds is 2. The Morgan fingerprint density at radius 1 is 0.595 bits per heavy atom. The highest BCUT2D eigenvalue weighted by molar-refractivity contribution is 6.20. The monoisotopic (exact) mass is 540 g/mol. The Labute approximate surface area is 245 Å². The van der Waals surface area contributed by atoms with E-state index in [-0.39, 0.29) is 23.6 Å². The molecule has 3 nitrogen and oxygen atoms in total. The van der Waals surface area contributed by atoms with Crippen molar-refractivity contribution in [3.05, 3.63) is 179 Å². The van der Waals surface area contributed by atoms with Gasteiger partial charge in [-0.1, -0.05) is 127 Å². The highest BCUT2D eigenvalue weighted by Gasteiger charge is 2.56. The molecule has 0 amide bonds. The first-order chi connectivity index (χ1) is 20.8. The highest BCUT2D eigenvalue weighted by atomic mass is 16.5. The molecule has 0 fully saturated rings. The van der Waals surface area contributed by atoms with Crippen molar-refractivity contribution in [3.63, 3.8) is 0 Å². The van der Waals surface area contributed by atoms with Crippen molar-refractivity contribution in [1.82, 2.24) is 0 Å². The van der Waals surface area contributed by atoms with Crippen LogP contribution in [0, 0.1) is 5.92 Å². The fourth-order valence-corrected chi connectivity index (χ4v) is 7.72. The molecule has 0 bridgehead atoms. The van der Waals surface area contributed by atoms with Crippen LogP contribution in [-0.4, -0.2) is 11.8 Å². The molecule has 0 saturated heterocycles. The lowest BCUT2D eigenvalue weighted by atomic mass is 9.60. The average molecular weight is 541 g/mol. The second-order valence-electron chi connectivity index (χ2n) is 11.4. The van der Waals surface area contributed by atoms with Crippen LogP contribution in [0.1, 0.15) is 39.5 Å². The number of nitrogens with one attached hydrogen (secondary N) is 1. The molecule has 2 aliphatic carbocycles. The van der Waals surface area contributed by atoms with Crippen LogP contribution >= 0.6 is 0 Å². The summed E-state index contributed by atoms with van der Waals surface area (Å²) in [7, 11) is 0. The van der Waals surface area contributed by atoms with E-state index in [0.29, 0.717) is 0 Å². The number of aliphatic imine (C=N–C) groups is 1.